The van der Waals surface area contributed by atoms with E-state index in [9.17, 15) is 40.9 Å². The van der Waals surface area contributed by atoms with Crippen LogP contribution in [0, 0.1) is 20.8 Å². The van der Waals surface area contributed by atoms with Crippen molar-refractivity contribution in [1.82, 2.24) is 9.13 Å². The molecule has 51 heavy (non-hydrogen) atoms. The molecule has 3 heterocycles. The zero-order chi connectivity index (χ0) is 35.9. The molecule has 4 aromatic carbocycles. The van der Waals surface area contributed by atoms with E-state index in [0.717, 1.165) is 41.3 Å². The van der Waals surface area contributed by atoms with Crippen molar-refractivity contribution >= 4 is 56.5 Å². The van der Waals surface area contributed by atoms with E-state index < -0.39 is 40.8 Å². The third kappa shape index (κ3) is 3.76. The molecule has 11 heteroatoms. The van der Waals surface area contributed by atoms with Crippen molar-refractivity contribution in [3.63, 3.8) is 0 Å². The van der Waals surface area contributed by atoms with Gasteiger partial charge in [0.15, 0.2) is 23.0 Å². The minimum atomic E-state index is -1.32. The van der Waals surface area contributed by atoms with E-state index in [1.807, 2.05) is 42.7 Å². The molecule has 3 aliphatic rings. The molecular weight excluding hydrogens is 647 g/mol. The summed E-state index contributed by atoms with van der Waals surface area (Å²) in [5.74, 6) is -3.65. The predicted molar refractivity (Wildman–Crippen MR) is 199 cm³/mol. The van der Waals surface area contributed by atoms with Crippen molar-refractivity contribution in [2.24, 2.45) is 0 Å². The molecule has 2 aromatic heterocycles. The number of aryl methyl sites for hydroxylation is 2. The number of phenolic OH excluding ortho intramolecular Hbond substituents is 6. The number of aliphatic hydroxyl groups is 2. The summed E-state index contributed by atoms with van der Waals surface area (Å²) in [5, 5.41) is 93.1. The van der Waals surface area contributed by atoms with Gasteiger partial charge in [-0.3, -0.25) is 0 Å². The molecule has 8 N–H and O–H groups in total. The first-order valence-corrected chi connectivity index (χ1v) is 17.0. The Morgan fingerprint density at radius 1 is 0.706 bits per heavy atom. The third-order valence-corrected chi connectivity index (χ3v) is 11.5. The van der Waals surface area contributed by atoms with E-state index in [-0.39, 0.29) is 57.3 Å². The van der Waals surface area contributed by atoms with Crippen molar-refractivity contribution < 1.29 is 40.9 Å². The van der Waals surface area contributed by atoms with Crippen molar-refractivity contribution in [3.8, 4) is 45.9 Å². The molecule has 2 unspecified atom stereocenters. The molecule has 0 fully saturated rings. The van der Waals surface area contributed by atoms with Crippen LogP contribution in [-0.2, 0) is 0 Å². The summed E-state index contributed by atoms with van der Waals surface area (Å²) in [6, 6.07) is 9.10. The highest BCUT2D eigenvalue weighted by atomic mass is 16.3. The van der Waals surface area contributed by atoms with Gasteiger partial charge in [0.2, 0.25) is 7.28 Å². The Labute approximate surface area is 292 Å². The fourth-order valence-electron chi connectivity index (χ4n) is 8.76. The summed E-state index contributed by atoms with van der Waals surface area (Å²) in [6.07, 6.45) is 7.11. The molecule has 1 aliphatic heterocycles. The van der Waals surface area contributed by atoms with Crippen LogP contribution in [0.4, 0.5) is 0 Å². The van der Waals surface area contributed by atoms with Gasteiger partial charge in [-0.2, -0.15) is 0 Å². The van der Waals surface area contributed by atoms with E-state index in [1.165, 1.54) is 4.57 Å². The Morgan fingerprint density at radius 3 is 2.12 bits per heavy atom. The Kier molecular flexibility index (Phi) is 6.28. The summed E-state index contributed by atoms with van der Waals surface area (Å²) >= 11 is 0. The van der Waals surface area contributed by atoms with E-state index in [2.05, 4.69) is 18.2 Å². The van der Waals surface area contributed by atoms with Gasteiger partial charge in [0.25, 0.3) is 0 Å². The number of benzene rings is 4. The zero-order valence-corrected chi connectivity index (χ0v) is 28.4. The molecule has 9 rings (SSSR count). The van der Waals surface area contributed by atoms with Crippen LogP contribution in [-0.4, -0.2) is 63.4 Å². The molecule has 6 aromatic rings. The Balaban J connectivity index is 1.54. The first-order valence-electron chi connectivity index (χ1n) is 17.0. The highest BCUT2D eigenvalue weighted by Gasteiger charge is 2.42. The molecule has 0 radical (unpaired) electrons. The number of hydrogen-bond donors (Lipinski definition) is 8. The molecule has 10 nitrogen and oxygen atoms in total. The molecule has 0 bridgehead atoms. The molecule has 256 valence electrons. The number of rotatable bonds is 2. The second-order valence-electron chi connectivity index (χ2n) is 14.1. The fraction of sp³-hybridized carbons (Fsp3) is 0.200. The lowest BCUT2D eigenvalue weighted by atomic mass is 9.56. The molecule has 0 amide bonds. The van der Waals surface area contributed by atoms with Gasteiger partial charge in [-0.25, -0.2) is 0 Å². The predicted octanol–water partition coefficient (Wildman–Crippen LogP) is 6.40. The van der Waals surface area contributed by atoms with Gasteiger partial charge in [-0.1, -0.05) is 37.3 Å². The molecular formula is C40H35BN2O8. The van der Waals surface area contributed by atoms with Crippen LogP contribution in [0.3, 0.4) is 0 Å². The number of aromatic hydroxyl groups is 6. The number of phenols is 6. The number of hydrogen-bond acceptors (Lipinski definition) is 8. The lowest BCUT2D eigenvalue weighted by Gasteiger charge is -2.30. The number of aromatic nitrogens is 2. The van der Waals surface area contributed by atoms with Crippen LogP contribution in [0.25, 0.3) is 55.1 Å². The number of allylic oxidation sites excluding steroid dienone is 4. The molecule has 0 saturated carbocycles. The Bertz CT molecular complexity index is 2690. The van der Waals surface area contributed by atoms with Crippen LogP contribution < -0.4 is 5.46 Å². The van der Waals surface area contributed by atoms with Crippen LogP contribution in [0.5, 0.6) is 34.5 Å². The average Bonchev–Trinajstić information content (AvgIpc) is 3.66. The van der Waals surface area contributed by atoms with Crippen LogP contribution >= 0.6 is 0 Å². The van der Waals surface area contributed by atoms with Gasteiger partial charge < -0.3 is 50.0 Å². The third-order valence-electron chi connectivity index (χ3n) is 11.5. The number of nitrogens with zero attached hydrogens (tertiary/aromatic N) is 2. The maximum atomic E-state index is 12.3. The lowest BCUT2D eigenvalue weighted by Crippen LogP contribution is -2.31. The molecule has 0 spiro atoms. The summed E-state index contributed by atoms with van der Waals surface area (Å²) < 4.78 is 3.57. The largest absolute Gasteiger partial charge is 0.510 e. The van der Waals surface area contributed by atoms with Crippen molar-refractivity contribution in [2.75, 3.05) is 0 Å². The monoisotopic (exact) mass is 682 g/mol. The van der Waals surface area contributed by atoms with Gasteiger partial charge in [0.1, 0.15) is 28.9 Å². The lowest BCUT2D eigenvalue weighted by molar-refractivity contribution is 0.129. The first kappa shape index (κ1) is 31.1. The summed E-state index contributed by atoms with van der Waals surface area (Å²) in [7, 11) is -0.172. The fourth-order valence-corrected chi connectivity index (χ4v) is 8.76. The van der Waals surface area contributed by atoms with Crippen LogP contribution in [0.1, 0.15) is 59.2 Å². The van der Waals surface area contributed by atoms with Crippen LogP contribution in [0.15, 0.2) is 54.3 Å². The molecule has 0 saturated heterocycles. The zero-order valence-electron chi connectivity index (χ0n) is 28.4. The van der Waals surface area contributed by atoms with Gasteiger partial charge in [0.05, 0.1) is 22.1 Å². The van der Waals surface area contributed by atoms with Gasteiger partial charge in [-0.15, -0.1) is 0 Å². The molecule has 2 atom stereocenters. The minimum absolute atomic E-state index is 0.0445. The smallest absolute Gasteiger partial charge is 0.205 e. The Hall–Kier alpha value is -5.94. The minimum Gasteiger partial charge on any atom is -0.510 e. The summed E-state index contributed by atoms with van der Waals surface area (Å²) in [4.78, 5) is 0. The summed E-state index contributed by atoms with van der Waals surface area (Å²) in [5.41, 5.74) is 7.04. The maximum Gasteiger partial charge on any atom is 0.205 e. The first-order chi connectivity index (χ1) is 24.3. The van der Waals surface area contributed by atoms with Gasteiger partial charge in [0, 0.05) is 45.3 Å². The van der Waals surface area contributed by atoms with E-state index in [0.29, 0.717) is 33.2 Å². The SMILES string of the molecule is Cc1c(O)c2c3c4c(n(-c5ccc(C6=CCCC=C6)cc5)c3c1C)C(C)C(O)C(O)=C4Bc1c(O)c(O)c(C)c3c4c(O)cc(O)c(O)c4n-2c13. The molecule has 2 aliphatic carbocycles. The van der Waals surface area contributed by atoms with Gasteiger partial charge >= 0.3 is 0 Å². The highest BCUT2D eigenvalue weighted by Crippen LogP contribution is 2.56. The maximum absolute atomic E-state index is 12.3. The topological polar surface area (TPSA) is 172 Å². The normalized spacial score (nSPS) is 18.0. The van der Waals surface area contributed by atoms with E-state index in [4.69, 9.17) is 0 Å². The van der Waals surface area contributed by atoms with Crippen molar-refractivity contribution in [2.45, 2.75) is 52.6 Å². The summed E-state index contributed by atoms with van der Waals surface area (Å²) in [6.45, 7) is 7.04. The number of fused-ring (bicyclic) bond motifs is 4. The van der Waals surface area contributed by atoms with Gasteiger partial charge in [-0.05, 0) is 78.9 Å². The second kappa shape index (κ2) is 10.3. The standard InChI is InChI=1S/C40H35BN2O8/c1-15-16(2)35(46)34-27-26-28(41-29-32-24(17(3)36(47)40(29)51)25-22(44)14-23(45)38(49)33(25)43(32)34)39(50)37(48)18(4)31(26)42(30(15)27)21-12-10-20(11-13-21)19-8-6-5-7-9-19/h6,8-14,18,37,41,44-51H,5,7H2,1-4H3. The van der Waals surface area contributed by atoms with E-state index >= 15 is 0 Å². The second-order valence-corrected chi connectivity index (χ2v) is 14.1. The van der Waals surface area contributed by atoms with Crippen LogP contribution in [0.2, 0.25) is 0 Å². The number of aliphatic hydroxyl groups excluding tert-OH is 2. The average molecular weight is 683 g/mol. The Morgan fingerprint density at radius 2 is 1.43 bits per heavy atom. The highest BCUT2D eigenvalue weighted by molar-refractivity contribution is 6.77. The van der Waals surface area contributed by atoms with Crippen molar-refractivity contribution in [1.29, 1.82) is 0 Å². The van der Waals surface area contributed by atoms with E-state index in [1.54, 1.807) is 13.8 Å². The quantitative estimate of drug-likeness (QED) is 0.0589. The van der Waals surface area contributed by atoms with Crippen molar-refractivity contribution in [3.05, 3.63) is 87.8 Å².